The molecule has 2 rings (SSSR count). The first-order chi connectivity index (χ1) is 8.63. The second-order valence-electron chi connectivity index (χ2n) is 4.08. The normalized spacial score (nSPS) is 11.9. The summed E-state index contributed by atoms with van der Waals surface area (Å²) < 4.78 is 0. The van der Waals surface area contributed by atoms with Crippen molar-refractivity contribution in [1.29, 1.82) is 5.26 Å². The molecule has 1 unspecified atom stereocenters. The van der Waals surface area contributed by atoms with Gasteiger partial charge in [-0.05, 0) is 36.6 Å². The number of halogens is 1. The molecule has 0 saturated heterocycles. The highest BCUT2D eigenvalue weighted by Gasteiger charge is 2.15. The summed E-state index contributed by atoms with van der Waals surface area (Å²) in [7, 11) is 2.01. The number of nitrogens with zero attached hydrogens (tertiary/aromatic N) is 2. The average molecular weight is 277 g/mol. The lowest BCUT2D eigenvalue weighted by Crippen LogP contribution is -2.21. The second-order valence-corrected chi connectivity index (χ2v) is 5.47. The SMILES string of the molecule is CC(c1cccs1)N(C)c1ccc(C#N)cc1Cl. The molecule has 4 heteroatoms. The van der Waals surface area contributed by atoms with Crippen molar-refractivity contribution in [3.63, 3.8) is 0 Å². The molecule has 1 aromatic carbocycles. The minimum Gasteiger partial charge on any atom is -0.366 e. The van der Waals surface area contributed by atoms with Crippen LogP contribution in [-0.2, 0) is 0 Å². The van der Waals surface area contributed by atoms with Gasteiger partial charge in [-0.1, -0.05) is 17.7 Å². The van der Waals surface area contributed by atoms with Crippen LogP contribution >= 0.6 is 22.9 Å². The molecule has 0 spiro atoms. The van der Waals surface area contributed by atoms with Gasteiger partial charge in [-0.3, -0.25) is 0 Å². The van der Waals surface area contributed by atoms with E-state index in [-0.39, 0.29) is 6.04 Å². The van der Waals surface area contributed by atoms with Crippen molar-refractivity contribution in [2.24, 2.45) is 0 Å². The Morgan fingerprint density at radius 1 is 1.39 bits per heavy atom. The molecule has 0 fully saturated rings. The molecule has 0 radical (unpaired) electrons. The van der Waals surface area contributed by atoms with Gasteiger partial charge in [-0.2, -0.15) is 5.26 Å². The Morgan fingerprint density at radius 2 is 2.17 bits per heavy atom. The van der Waals surface area contributed by atoms with Gasteiger partial charge in [0.1, 0.15) is 0 Å². The minimum atomic E-state index is 0.260. The van der Waals surface area contributed by atoms with E-state index in [0.29, 0.717) is 10.6 Å². The number of hydrogen-bond acceptors (Lipinski definition) is 3. The van der Waals surface area contributed by atoms with Crippen molar-refractivity contribution in [2.45, 2.75) is 13.0 Å². The molecular formula is C14H13ClN2S. The topological polar surface area (TPSA) is 27.0 Å². The first-order valence-corrected chi connectivity index (χ1v) is 6.85. The van der Waals surface area contributed by atoms with E-state index in [1.165, 1.54) is 4.88 Å². The molecule has 1 aromatic heterocycles. The maximum atomic E-state index is 8.83. The molecule has 0 amide bonds. The largest absolute Gasteiger partial charge is 0.366 e. The zero-order chi connectivity index (χ0) is 13.1. The number of anilines is 1. The van der Waals surface area contributed by atoms with E-state index < -0.39 is 0 Å². The Kier molecular flexibility index (Phi) is 3.90. The van der Waals surface area contributed by atoms with Gasteiger partial charge >= 0.3 is 0 Å². The molecule has 18 heavy (non-hydrogen) atoms. The molecule has 0 aliphatic rings. The standard InChI is InChI=1S/C14H13ClN2S/c1-10(14-4-3-7-18-14)17(2)13-6-5-11(9-16)8-12(13)15/h3-8,10H,1-2H3. The first-order valence-electron chi connectivity index (χ1n) is 5.59. The van der Waals surface area contributed by atoms with Gasteiger partial charge in [0.15, 0.2) is 0 Å². The average Bonchev–Trinajstić information content (AvgIpc) is 2.90. The second kappa shape index (κ2) is 5.43. The van der Waals surface area contributed by atoms with Crippen molar-refractivity contribution < 1.29 is 0 Å². The van der Waals surface area contributed by atoms with E-state index in [0.717, 1.165) is 5.69 Å². The van der Waals surface area contributed by atoms with Gasteiger partial charge in [-0.15, -0.1) is 11.3 Å². The summed E-state index contributed by atoms with van der Waals surface area (Å²) in [6, 6.07) is 11.9. The molecule has 92 valence electrons. The molecule has 1 heterocycles. The zero-order valence-corrected chi connectivity index (χ0v) is 11.8. The van der Waals surface area contributed by atoms with Crippen molar-refractivity contribution in [2.75, 3.05) is 11.9 Å². The van der Waals surface area contributed by atoms with Crippen LogP contribution < -0.4 is 4.90 Å². The van der Waals surface area contributed by atoms with Crippen molar-refractivity contribution in [3.8, 4) is 6.07 Å². The third-order valence-electron chi connectivity index (χ3n) is 2.99. The van der Waals surface area contributed by atoms with Crippen molar-refractivity contribution >= 4 is 28.6 Å². The van der Waals surface area contributed by atoms with Gasteiger partial charge in [-0.25, -0.2) is 0 Å². The van der Waals surface area contributed by atoms with Crippen LogP contribution in [0.2, 0.25) is 5.02 Å². The Bertz CT molecular complexity index is 572. The van der Waals surface area contributed by atoms with Gasteiger partial charge in [0.05, 0.1) is 28.4 Å². The molecule has 1 atom stereocenters. The van der Waals surface area contributed by atoms with E-state index in [2.05, 4.69) is 29.3 Å². The maximum Gasteiger partial charge on any atom is 0.0992 e. The number of rotatable bonds is 3. The van der Waals surface area contributed by atoms with Crippen LogP contribution in [0.5, 0.6) is 0 Å². The Hall–Kier alpha value is -1.50. The maximum absolute atomic E-state index is 8.83. The molecule has 0 saturated carbocycles. The molecule has 0 aliphatic carbocycles. The highest BCUT2D eigenvalue weighted by molar-refractivity contribution is 7.10. The van der Waals surface area contributed by atoms with Gasteiger partial charge in [0, 0.05) is 11.9 Å². The summed E-state index contributed by atoms with van der Waals surface area (Å²) in [5, 5.41) is 11.5. The van der Waals surface area contributed by atoms with Crippen LogP contribution in [0.3, 0.4) is 0 Å². The van der Waals surface area contributed by atoms with Gasteiger partial charge in [0.25, 0.3) is 0 Å². The highest BCUT2D eigenvalue weighted by atomic mass is 35.5. The lowest BCUT2D eigenvalue weighted by Gasteiger charge is -2.27. The van der Waals surface area contributed by atoms with Crippen LogP contribution in [0.25, 0.3) is 0 Å². The first kappa shape index (κ1) is 12.9. The fraction of sp³-hybridized carbons (Fsp3) is 0.214. The van der Waals surface area contributed by atoms with Crippen LogP contribution in [-0.4, -0.2) is 7.05 Å². The summed E-state index contributed by atoms with van der Waals surface area (Å²) in [4.78, 5) is 3.41. The van der Waals surface area contributed by atoms with Crippen molar-refractivity contribution in [1.82, 2.24) is 0 Å². The zero-order valence-electron chi connectivity index (χ0n) is 10.2. The van der Waals surface area contributed by atoms with Crippen LogP contribution in [0.15, 0.2) is 35.7 Å². The summed E-state index contributed by atoms with van der Waals surface area (Å²) in [5.41, 5.74) is 1.53. The Morgan fingerprint density at radius 3 is 2.72 bits per heavy atom. The Balaban J connectivity index is 2.29. The summed E-state index contributed by atoms with van der Waals surface area (Å²) in [6.45, 7) is 2.14. The highest BCUT2D eigenvalue weighted by Crippen LogP contribution is 2.33. The number of thiophene rings is 1. The fourth-order valence-electron chi connectivity index (χ4n) is 1.79. The van der Waals surface area contributed by atoms with E-state index in [1.54, 1.807) is 23.5 Å². The third-order valence-corrected chi connectivity index (χ3v) is 4.34. The molecule has 0 bridgehead atoms. The number of nitriles is 1. The molecule has 2 aromatic rings. The predicted molar refractivity (Wildman–Crippen MR) is 77.3 cm³/mol. The molecule has 0 N–H and O–H groups in total. The molecule has 2 nitrogen and oxygen atoms in total. The van der Waals surface area contributed by atoms with Crippen LogP contribution in [0, 0.1) is 11.3 Å². The van der Waals surface area contributed by atoms with Crippen LogP contribution in [0.1, 0.15) is 23.4 Å². The minimum absolute atomic E-state index is 0.260. The lowest BCUT2D eigenvalue weighted by molar-refractivity contribution is 0.754. The Labute approximate surface area is 116 Å². The monoisotopic (exact) mass is 276 g/mol. The van der Waals surface area contributed by atoms with Gasteiger partial charge < -0.3 is 4.90 Å². The predicted octanol–water partition coefficient (Wildman–Crippen LogP) is 4.47. The quantitative estimate of drug-likeness (QED) is 0.827. The van der Waals surface area contributed by atoms with E-state index in [9.17, 15) is 0 Å². The lowest BCUT2D eigenvalue weighted by atomic mass is 10.1. The van der Waals surface area contributed by atoms with E-state index in [1.807, 2.05) is 19.2 Å². The summed E-state index contributed by atoms with van der Waals surface area (Å²) in [6.07, 6.45) is 0. The van der Waals surface area contributed by atoms with Crippen LogP contribution in [0.4, 0.5) is 5.69 Å². The van der Waals surface area contributed by atoms with E-state index >= 15 is 0 Å². The fourth-order valence-corrected chi connectivity index (χ4v) is 2.93. The van der Waals surface area contributed by atoms with Gasteiger partial charge in [0.2, 0.25) is 0 Å². The molecule has 0 aliphatic heterocycles. The number of benzene rings is 1. The smallest absolute Gasteiger partial charge is 0.0992 e. The third kappa shape index (κ3) is 2.50. The summed E-state index contributed by atoms with van der Waals surface area (Å²) in [5.74, 6) is 0. The summed E-state index contributed by atoms with van der Waals surface area (Å²) >= 11 is 7.95. The molecular weight excluding hydrogens is 264 g/mol. The van der Waals surface area contributed by atoms with E-state index in [4.69, 9.17) is 16.9 Å². The number of hydrogen-bond donors (Lipinski definition) is 0. The van der Waals surface area contributed by atoms with Crippen molar-refractivity contribution in [3.05, 3.63) is 51.2 Å².